The molecule has 1 aromatic carbocycles. The Balaban J connectivity index is 2.03. The Morgan fingerprint density at radius 3 is 2.94 bits per heavy atom. The first-order valence-corrected chi connectivity index (χ1v) is 6.57. The maximum Gasteiger partial charge on any atom is 0.104 e. The molecule has 1 aromatic heterocycles. The second kappa shape index (κ2) is 5.56. The van der Waals surface area contributed by atoms with Crippen molar-refractivity contribution < 1.29 is 0 Å². The molecule has 17 heavy (non-hydrogen) atoms. The van der Waals surface area contributed by atoms with E-state index in [1.807, 2.05) is 6.92 Å². The van der Waals surface area contributed by atoms with Gasteiger partial charge in [-0.3, -0.25) is 0 Å². The van der Waals surface area contributed by atoms with Gasteiger partial charge in [-0.2, -0.15) is 12.6 Å². The Morgan fingerprint density at radius 2 is 2.18 bits per heavy atom. The molecule has 0 bridgehead atoms. The van der Waals surface area contributed by atoms with Crippen molar-refractivity contribution in [3.05, 3.63) is 29.6 Å². The highest BCUT2D eigenvalue weighted by atomic mass is 32.1. The van der Waals surface area contributed by atoms with E-state index in [9.17, 15) is 0 Å². The molecule has 0 radical (unpaired) electrons. The molecule has 0 aliphatic carbocycles. The Kier molecular flexibility index (Phi) is 4.07. The molecular formula is C13H19N3S. The second-order valence-electron chi connectivity index (χ2n) is 4.45. The fraction of sp³-hybridized carbons (Fsp3) is 0.462. The summed E-state index contributed by atoms with van der Waals surface area (Å²) < 4.78 is 0. The minimum atomic E-state index is 0.912. The summed E-state index contributed by atoms with van der Waals surface area (Å²) in [5, 5.41) is 0. The number of hydrogen-bond acceptors (Lipinski definition) is 3. The molecule has 2 rings (SSSR count). The van der Waals surface area contributed by atoms with Crippen molar-refractivity contribution in [3.8, 4) is 0 Å². The molecule has 4 heteroatoms. The molecule has 0 aliphatic heterocycles. The first-order valence-electron chi connectivity index (χ1n) is 5.93. The van der Waals surface area contributed by atoms with Gasteiger partial charge >= 0.3 is 0 Å². The van der Waals surface area contributed by atoms with E-state index in [1.54, 1.807) is 0 Å². The van der Waals surface area contributed by atoms with Crippen LogP contribution in [0.25, 0.3) is 11.0 Å². The maximum atomic E-state index is 4.40. The van der Waals surface area contributed by atoms with Crippen molar-refractivity contribution in [1.29, 1.82) is 0 Å². The predicted octanol–water partition coefficient (Wildman–Crippen LogP) is 2.28. The van der Waals surface area contributed by atoms with Gasteiger partial charge in [0.1, 0.15) is 5.82 Å². The fourth-order valence-corrected chi connectivity index (χ4v) is 2.28. The number of thiol groups is 1. The van der Waals surface area contributed by atoms with Crippen molar-refractivity contribution in [2.75, 3.05) is 25.9 Å². The van der Waals surface area contributed by atoms with Crippen LogP contribution in [0.4, 0.5) is 0 Å². The number of fused-ring (bicyclic) bond motifs is 1. The lowest BCUT2D eigenvalue weighted by Crippen LogP contribution is -2.23. The van der Waals surface area contributed by atoms with E-state index in [4.69, 9.17) is 0 Å². The maximum absolute atomic E-state index is 4.40. The number of aryl methyl sites for hydroxylation is 1. The van der Waals surface area contributed by atoms with Gasteiger partial charge in [0, 0.05) is 18.8 Å². The van der Waals surface area contributed by atoms with Crippen LogP contribution in [-0.4, -0.2) is 40.8 Å². The van der Waals surface area contributed by atoms with Crippen molar-refractivity contribution in [1.82, 2.24) is 14.9 Å². The third kappa shape index (κ3) is 3.23. The molecule has 0 spiro atoms. The smallest absolute Gasteiger partial charge is 0.104 e. The lowest BCUT2D eigenvalue weighted by molar-refractivity contribution is 0.361. The number of nitrogens with zero attached hydrogens (tertiary/aromatic N) is 2. The average molecular weight is 249 g/mol. The SMILES string of the molecule is Cc1nc2ccc(CCN(C)CCS)cc2[nH]1. The highest BCUT2D eigenvalue weighted by molar-refractivity contribution is 7.80. The van der Waals surface area contributed by atoms with Crippen molar-refractivity contribution >= 4 is 23.7 Å². The normalized spacial score (nSPS) is 11.5. The monoisotopic (exact) mass is 249 g/mol. The van der Waals surface area contributed by atoms with Crippen LogP contribution in [0.1, 0.15) is 11.4 Å². The first kappa shape index (κ1) is 12.5. The molecule has 0 amide bonds. The van der Waals surface area contributed by atoms with E-state index < -0.39 is 0 Å². The zero-order valence-corrected chi connectivity index (χ0v) is 11.3. The molecule has 0 aliphatic rings. The van der Waals surface area contributed by atoms with Crippen LogP contribution in [0.2, 0.25) is 0 Å². The average Bonchev–Trinajstić information content (AvgIpc) is 2.66. The third-order valence-electron chi connectivity index (χ3n) is 2.93. The second-order valence-corrected chi connectivity index (χ2v) is 4.90. The van der Waals surface area contributed by atoms with Gasteiger partial charge < -0.3 is 9.88 Å². The number of H-pyrrole nitrogens is 1. The Bertz CT molecular complexity index is 492. The lowest BCUT2D eigenvalue weighted by Gasteiger charge is -2.14. The molecule has 1 heterocycles. The summed E-state index contributed by atoms with van der Waals surface area (Å²) in [4.78, 5) is 9.98. The summed E-state index contributed by atoms with van der Waals surface area (Å²) in [5.74, 6) is 1.89. The molecule has 1 N–H and O–H groups in total. The van der Waals surface area contributed by atoms with Crippen molar-refractivity contribution in [2.24, 2.45) is 0 Å². The van der Waals surface area contributed by atoms with Crippen LogP contribution in [0, 0.1) is 6.92 Å². The molecule has 0 atom stereocenters. The molecule has 0 unspecified atom stereocenters. The van der Waals surface area contributed by atoms with Gasteiger partial charge in [0.2, 0.25) is 0 Å². The third-order valence-corrected chi connectivity index (χ3v) is 3.13. The van der Waals surface area contributed by atoms with Gasteiger partial charge in [-0.1, -0.05) is 6.07 Å². The Morgan fingerprint density at radius 1 is 1.35 bits per heavy atom. The number of rotatable bonds is 5. The van der Waals surface area contributed by atoms with Crippen LogP contribution < -0.4 is 0 Å². The summed E-state index contributed by atoms with van der Waals surface area (Å²) in [6, 6.07) is 6.45. The zero-order valence-electron chi connectivity index (χ0n) is 10.4. The van der Waals surface area contributed by atoms with Gasteiger partial charge in [-0.05, 0) is 38.1 Å². The highest BCUT2D eigenvalue weighted by Gasteiger charge is 2.02. The van der Waals surface area contributed by atoms with Crippen molar-refractivity contribution in [3.63, 3.8) is 0 Å². The largest absolute Gasteiger partial charge is 0.342 e. The number of aromatic amines is 1. The standard InChI is InChI=1S/C13H19N3S/c1-10-14-12-4-3-11(9-13(12)15-10)5-6-16(2)7-8-17/h3-4,9,17H,5-8H2,1-2H3,(H,14,15). The lowest BCUT2D eigenvalue weighted by atomic mass is 10.1. The summed E-state index contributed by atoms with van der Waals surface area (Å²) in [6.07, 6.45) is 1.07. The highest BCUT2D eigenvalue weighted by Crippen LogP contribution is 2.14. The van der Waals surface area contributed by atoms with Gasteiger partial charge in [0.25, 0.3) is 0 Å². The van der Waals surface area contributed by atoms with E-state index in [0.717, 1.165) is 42.1 Å². The van der Waals surface area contributed by atoms with Gasteiger partial charge in [-0.25, -0.2) is 4.98 Å². The fourth-order valence-electron chi connectivity index (χ4n) is 1.94. The Labute approximate surface area is 108 Å². The number of nitrogens with one attached hydrogen (secondary N) is 1. The topological polar surface area (TPSA) is 31.9 Å². The summed E-state index contributed by atoms with van der Waals surface area (Å²) in [5.41, 5.74) is 3.54. The van der Waals surface area contributed by atoms with E-state index in [0.29, 0.717) is 0 Å². The van der Waals surface area contributed by atoms with Crippen molar-refractivity contribution in [2.45, 2.75) is 13.3 Å². The summed E-state index contributed by atoms with van der Waals surface area (Å²) in [6.45, 7) is 4.09. The molecule has 2 aromatic rings. The van der Waals surface area contributed by atoms with Crippen LogP contribution in [-0.2, 0) is 6.42 Å². The quantitative estimate of drug-likeness (QED) is 0.797. The Hall–Kier alpha value is -1.00. The summed E-state index contributed by atoms with van der Waals surface area (Å²) >= 11 is 4.24. The van der Waals surface area contributed by atoms with Gasteiger partial charge in [0.15, 0.2) is 0 Å². The van der Waals surface area contributed by atoms with E-state index >= 15 is 0 Å². The van der Waals surface area contributed by atoms with E-state index in [-0.39, 0.29) is 0 Å². The number of imidazole rings is 1. The number of likely N-dealkylation sites (N-methyl/N-ethyl adjacent to an activating group) is 1. The molecule has 0 fully saturated rings. The van der Waals surface area contributed by atoms with E-state index in [1.165, 1.54) is 5.56 Å². The van der Waals surface area contributed by atoms with Gasteiger partial charge in [0.05, 0.1) is 11.0 Å². The number of hydrogen-bond donors (Lipinski definition) is 2. The van der Waals surface area contributed by atoms with Gasteiger partial charge in [-0.15, -0.1) is 0 Å². The molecule has 0 saturated heterocycles. The molecule has 92 valence electrons. The minimum absolute atomic E-state index is 0.912. The number of aromatic nitrogens is 2. The summed E-state index contributed by atoms with van der Waals surface area (Å²) in [7, 11) is 2.13. The van der Waals surface area contributed by atoms with Crippen LogP contribution in [0.5, 0.6) is 0 Å². The zero-order chi connectivity index (χ0) is 12.3. The molecular weight excluding hydrogens is 230 g/mol. The van der Waals surface area contributed by atoms with Crippen LogP contribution in [0.15, 0.2) is 18.2 Å². The predicted molar refractivity (Wildman–Crippen MR) is 75.9 cm³/mol. The van der Waals surface area contributed by atoms with Crippen LogP contribution >= 0.6 is 12.6 Å². The van der Waals surface area contributed by atoms with Crippen LogP contribution in [0.3, 0.4) is 0 Å². The molecule has 3 nitrogen and oxygen atoms in total. The molecule has 0 saturated carbocycles. The number of benzene rings is 1. The van der Waals surface area contributed by atoms with E-state index in [2.05, 4.69) is 52.7 Å². The first-order chi connectivity index (χ1) is 8.19. The minimum Gasteiger partial charge on any atom is -0.342 e.